The smallest absolute Gasteiger partial charge is 0.0472 e. The number of hydrogen-bond donors (Lipinski definition) is 2. The van der Waals surface area contributed by atoms with Gasteiger partial charge in [-0.3, -0.25) is 4.98 Å². The van der Waals surface area contributed by atoms with Crippen molar-refractivity contribution < 1.29 is 0 Å². The quantitative estimate of drug-likeness (QED) is 0.793. The maximum absolute atomic E-state index is 5.61. The zero-order chi connectivity index (χ0) is 12.9. The van der Waals surface area contributed by atoms with E-state index in [1.54, 1.807) is 0 Å². The van der Waals surface area contributed by atoms with Gasteiger partial charge >= 0.3 is 0 Å². The second kappa shape index (κ2) is 5.61. The lowest BCUT2D eigenvalue weighted by Gasteiger charge is -2.32. The Kier molecular flexibility index (Phi) is 4.66. The van der Waals surface area contributed by atoms with Gasteiger partial charge in [-0.2, -0.15) is 0 Å². The van der Waals surface area contributed by atoms with Gasteiger partial charge < -0.3 is 11.1 Å². The number of nitrogens with two attached hydrogens (primary N) is 1. The Bertz CT molecular complexity index is 331. The molecule has 0 aliphatic heterocycles. The summed E-state index contributed by atoms with van der Waals surface area (Å²) >= 11 is 0. The van der Waals surface area contributed by atoms with E-state index < -0.39 is 0 Å². The predicted molar refractivity (Wildman–Crippen MR) is 73.0 cm³/mol. The molecule has 0 fully saturated rings. The van der Waals surface area contributed by atoms with Gasteiger partial charge in [0.1, 0.15) is 0 Å². The zero-order valence-electron chi connectivity index (χ0n) is 11.5. The Morgan fingerprint density at radius 1 is 1.24 bits per heavy atom. The molecule has 1 heterocycles. The number of nitrogens with one attached hydrogen (secondary N) is 1. The monoisotopic (exact) mass is 235 g/mol. The molecular weight excluding hydrogens is 210 g/mol. The van der Waals surface area contributed by atoms with Crippen LogP contribution in [0.1, 0.15) is 39.8 Å². The summed E-state index contributed by atoms with van der Waals surface area (Å²) in [6, 6.07) is 6.07. The molecule has 0 spiro atoms. The second-order valence-electron chi connectivity index (χ2n) is 5.87. The van der Waals surface area contributed by atoms with Crippen LogP contribution >= 0.6 is 0 Å². The van der Waals surface area contributed by atoms with E-state index in [0.717, 1.165) is 18.7 Å². The summed E-state index contributed by atoms with van der Waals surface area (Å²) in [5.74, 6) is 0. The molecule has 0 unspecified atom stereocenters. The average Bonchev–Trinajstić information content (AvgIpc) is 2.28. The Balaban J connectivity index is 2.62. The summed E-state index contributed by atoms with van der Waals surface area (Å²) in [6.45, 7) is 10.4. The summed E-state index contributed by atoms with van der Waals surface area (Å²) in [5.41, 5.74) is 6.85. The fourth-order valence-electron chi connectivity index (χ4n) is 1.76. The van der Waals surface area contributed by atoms with Crippen LogP contribution in [0.15, 0.2) is 24.4 Å². The Morgan fingerprint density at radius 2 is 1.94 bits per heavy atom. The summed E-state index contributed by atoms with van der Waals surface area (Å²) in [5, 5.41) is 3.58. The molecule has 1 aromatic heterocycles. The normalized spacial score (nSPS) is 12.8. The maximum Gasteiger partial charge on any atom is 0.0472 e. The highest BCUT2D eigenvalue weighted by Gasteiger charge is 2.25. The van der Waals surface area contributed by atoms with Crippen LogP contribution in [0.2, 0.25) is 0 Å². The van der Waals surface area contributed by atoms with Crippen molar-refractivity contribution >= 4 is 0 Å². The van der Waals surface area contributed by atoms with Crippen molar-refractivity contribution in [2.24, 2.45) is 5.73 Å². The van der Waals surface area contributed by atoms with Gasteiger partial charge in [0.15, 0.2) is 0 Å². The van der Waals surface area contributed by atoms with Gasteiger partial charge in [0.25, 0.3) is 0 Å². The van der Waals surface area contributed by atoms with E-state index in [0.29, 0.717) is 6.54 Å². The third kappa shape index (κ3) is 4.44. The largest absolute Gasteiger partial charge is 0.330 e. The van der Waals surface area contributed by atoms with Gasteiger partial charge in [-0.05, 0) is 38.9 Å². The van der Waals surface area contributed by atoms with Crippen LogP contribution in [0.4, 0.5) is 0 Å². The number of hydrogen-bond acceptors (Lipinski definition) is 3. The molecule has 0 bridgehead atoms. The molecule has 0 aliphatic rings. The molecule has 3 N–H and O–H groups in total. The van der Waals surface area contributed by atoms with E-state index in [9.17, 15) is 0 Å². The van der Waals surface area contributed by atoms with Gasteiger partial charge in [0.05, 0.1) is 0 Å². The van der Waals surface area contributed by atoms with Crippen LogP contribution < -0.4 is 11.1 Å². The highest BCUT2D eigenvalue weighted by atomic mass is 15.0. The van der Waals surface area contributed by atoms with Gasteiger partial charge in [-0.25, -0.2) is 0 Å². The molecular formula is C14H25N3. The van der Waals surface area contributed by atoms with E-state index in [4.69, 9.17) is 5.73 Å². The standard InChI is InChI=1S/C14H25N3/c1-13(2,12-7-5-6-10-16-12)11-17-14(3,4)8-9-15/h5-7,10,17H,8-9,11,15H2,1-4H3. The summed E-state index contributed by atoms with van der Waals surface area (Å²) in [6.07, 6.45) is 2.83. The summed E-state index contributed by atoms with van der Waals surface area (Å²) < 4.78 is 0. The summed E-state index contributed by atoms with van der Waals surface area (Å²) in [7, 11) is 0. The SMILES string of the molecule is CC(C)(CCN)NCC(C)(C)c1ccccn1. The fraction of sp³-hybridized carbons (Fsp3) is 0.643. The highest BCUT2D eigenvalue weighted by Crippen LogP contribution is 2.21. The number of aromatic nitrogens is 1. The first-order valence-corrected chi connectivity index (χ1v) is 6.24. The van der Waals surface area contributed by atoms with Crippen LogP contribution in [0, 0.1) is 0 Å². The molecule has 0 atom stereocenters. The minimum Gasteiger partial charge on any atom is -0.330 e. The van der Waals surface area contributed by atoms with Crippen LogP contribution in [-0.2, 0) is 5.41 Å². The lowest BCUT2D eigenvalue weighted by Crippen LogP contribution is -2.46. The van der Waals surface area contributed by atoms with E-state index in [1.165, 1.54) is 0 Å². The Hall–Kier alpha value is -0.930. The first-order chi connectivity index (χ1) is 7.87. The molecule has 17 heavy (non-hydrogen) atoms. The minimum absolute atomic E-state index is 0.0348. The highest BCUT2D eigenvalue weighted by molar-refractivity contribution is 5.15. The molecule has 0 aliphatic carbocycles. The maximum atomic E-state index is 5.61. The van der Waals surface area contributed by atoms with Crippen molar-refractivity contribution in [3.63, 3.8) is 0 Å². The Labute approximate surface area is 105 Å². The molecule has 0 saturated heterocycles. The van der Waals surface area contributed by atoms with Gasteiger partial charge in [-0.1, -0.05) is 19.9 Å². The second-order valence-corrected chi connectivity index (χ2v) is 5.87. The lowest BCUT2D eigenvalue weighted by atomic mass is 9.87. The first-order valence-electron chi connectivity index (χ1n) is 6.24. The third-order valence-corrected chi connectivity index (χ3v) is 3.14. The van der Waals surface area contributed by atoms with Crippen LogP contribution in [0.25, 0.3) is 0 Å². The zero-order valence-corrected chi connectivity index (χ0v) is 11.5. The fourth-order valence-corrected chi connectivity index (χ4v) is 1.76. The van der Waals surface area contributed by atoms with E-state index in [-0.39, 0.29) is 11.0 Å². The average molecular weight is 235 g/mol. The van der Waals surface area contributed by atoms with Crippen LogP contribution in [0.5, 0.6) is 0 Å². The van der Waals surface area contributed by atoms with E-state index >= 15 is 0 Å². The Morgan fingerprint density at radius 3 is 2.47 bits per heavy atom. The van der Waals surface area contributed by atoms with E-state index in [2.05, 4.69) is 44.1 Å². The number of rotatable bonds is 6. The molecule has 1 rings (SSSR count). The molecule has 0 radical (unpaired) electrons. The van der Waals surface area contributed by atoms with Crippen molar-refractivity contribution in [1.82, 2.24) is 10.3 Å². The van der Waals surface area contributed by atoms with Gasteiger partial charge in [0.2, 0.25) is 0 Å². The van der Waals surface area contributed by atoms with Crippen LogP contribution in [0.3, 0.4) is 0 Å². The van der Waals surface area contributed by atoms with Gasteiger partial charge in [0, 0.05) is 29.4 Å². The molecule has 1 aromatic rings. The van der Waals surface area contributed by atoms with Crippen molar-refractivity contribution in [3.05, 3.63) is 30.1 Å². The first kappa shape index (κ1) is 14.1. The minimum atomic E-state index is 0.0348. The molecule has 3 heteroatoms. The topological polar surface area (TPSA) is 50.9 Å². The van der Waals surface area contributed by atoms with Crippen LogP contribution in [-0.4, -0.2) is 23.6 Å². The van der Waals surface area contributed by atoms with E-state index in [1.807, 2.05) is 18.3 Å². The van der Waals surface area contributed by atoms with Gasteiger partial charge in [-0.15, -0.1) is 0 Å². The van der Waals surface area contributed by atoms with Crippen molar-refractivity contribution in [2.45, 2.75) is 45.1 Å². The molecule has 0 aromatic carbocycles. The van der Waals surface area contributed by atoms with Crippen molar-refractivity contribution in [1.29, 1.82) is 0 Å². The molecule has 0 amide bonds. The third-order valence-electron chi connectivity index (χ3n) is 3.14. The summed E-state index contributed by atoms with van der Waals surface area (Å²) in [4.78, 5) is 4.43. The lowest BCUT2D eigenvalue weighted by molar-refractivity contribution is 0.323. The number of nitrogens with zero attached hydrogens (tertiary/aromatic N) is 1. The molecule has 0 saturated carbocycles. The molecule has 3 nitrogen and oxygen atoms in total. The number of pyridine rings is 1. The van der Waals surface area contributed by atoms with Crippen molar-refractivity contribution in [3.8, 4) is 0 Å². The molecule has 96 valence electrons. The predicted octanol–water partition coefficient (Wildman–Crippen LogP) is 2.08. The van der Waals surface area contributed by atoms with Crippen molar-refractivity contribution in [2.75, 3.05) is 13.1 Å².